The molecule has 280 valence electrons. The number of aromatic nitrogens is 1. The van der Waals surface area contributed by atoms with Crippen LogP contribution in [0.4, 0.5) is 4.79 Å². The highest BCUT2D eigenvalue weighted by molar-refractivity contribution is 5.88. The first-order chi connectivity index (χ1) is 23.5. The minimum atomic E-state index is -1.36. The maximum absolute atomic E-state index is 14.5. The highest BCUT2D eigenvalue weighted by Crippen LogP contribution is 2.42. The maximum Gasteiger partial charge on any atom is 0.425 e. The number of nitrogens with zero attached hydrogens (tertiary/aromatic N) is 3. The molecule has 3 aliphatic heterocycles. The van der Waals surface area contributed by atoms with Crippen LogP contribution in [0.2, 0.25) is 0 Å². The van der Waals surface area contributed by atoms with E-state index in [9.17, 15) is 19.5 Å². The van der Waals surface area contributed by atoms with E-state index < -0.39 is 71.7 Å². The zero-order chi connectivity index (χ0) is 37.1. The second-order valence-corrected chi connectivity index (χ2v) is 15.0. The Morgan fingerprint density at radius 3 is 2.38 bits per heavy atom. The summed E-state index contributed by atoms with van der Waals surface area (Å²) < 4.78 is 31.2. The van der Waals surface area contributed by atoms with E-state index in [-0.39, 0.29) is 30.9 Å². The number of rotatable bonds is 8. The Morgan fingerprint density at radius 1 is 1.12 bits per heavy atom. The number of aliphatic hydroxyl groups is 1. The molecule has 2 fully saturated rings. The molecule has 4 heterocycles. The van der Waals surface area contributed by atoms with Crippen LogP contribution in [0.15, 0.2) is 36.2 Å². The first kappa shape index (κ1) is 39.8. The molecule has 0 radical (unpaired) electrons. The van der Waals surface area contributed by atoms with Gasteiger partial charge in [0.25, 0.3) is 0 Å². The average Bonchev–Trinajstić information content (AvgIpc) is 3.34. The van der Waals surface area contributed by atoms with Gasteiger partial charge in [-0.05, 0) is 78.7 Å². The van der Waals surface area contributed by atoms with Crippen LogP contribution in [0.5, 0.6) is 0 Å². The zero-order valence-corrected chi connectivity index (χ0v) is 31.5. The van der Waals surface area contributed by atoms with Gasteiger partial charge < -0.3 is 33.7 Å². The van der Waals surface area contributed by atoms with Crippen molar-refractivity contribution in [2.45, 2.75) is 135 Å². The fourth-order valence-electron chi connectivity index (χ4n) is 8.11. The minimum Gasteiger partial charge on any atom is -0.455 e. The topological polar surface area (TPSA) is 149 Å². The van der Waals surface area contributed by atoms with Crippen molar-refractivity contribution in [2.24, 2.45) is 17.8 Å². The van der Waals surface area contributed by atoms with Crippen molar-refractivity contribution in [1.82, 2.24) is 20.3 Å². The number of carbonyl (C=O) groups is 3. The summed E-state index contributed by atoms with van der Waals surface area (Å²) in [6.07, 6.45) is 1.90. The highest BCUT2D eigenvalue weighted by atomic mass is 16.7. The summed E-state index contributed by atoms with van der Waals surface area (Å²) in [5, 5.41) is 12.7. The molecule has 0 spiro atoms. The summed E-state index contributed by atoms with van der Waals surface area (Å²) in [6, 6.07) is 2.62. The quantitative estimate of drug-likeness (QED) is 0.377. The third-order valence-electron chi connectivity index (χ3n) is 10.9. The number of amides is 1. The third kappa shape index (κ3) is 8.24. The number of fused-ring (bicyclic) bond motifs is 1. The highest BCUT2D eigenvalue weighted by Gasteiger charge is 2.60. The van der Waals surface area contributed by atoms with Gasteiger partial charge in [0, 0.05) is 55.4 Å². The molecule has 1 aromatic heterocycles. The molecule has 3 aliphatic rings. The number of pyridine rings is 1. The molecule has 2 N–H and O–H groups in total. The molecule has 0 saturated carbocycles. The maximum atomic E-state index is 14.5. The van der Waals surface area contributed by atoms with Crippen molar-refractivity contribution < 1.29 is 43.2 Å². The van der Waals surface area contributed by atoms with Gasteiger partial charge in [0.1, 0.15) is 24.0 Å². The number of methoxy groups -OCH3 is 1. The molecule has 1 aromatic rings. The summed E-state index contributed by atoms with van der Waals surface area (Å²) in [6.45, 7) is 14.9. The number of aliphatic hydroxyl groups excluding tert-OH is 1. The lowest BCUT2D eigenvalue weighted by molar-refractivity contribution is -0.294. The molecule has 0 aliphatic carbocycles. The Balaban J connectivity index is 1.76. The third-order valence-corrected chi connectivity index (χ3v) is 10.9. The summed E-state index contributed by atoms with van der Waals surface area (Å²) in [5.74, 6) is -2.45. The fraction of sp³-hybridized carbons (Fsp3) is 0.730. The number of Topliss-reactive ketones (excluding diaryl/α,β-unsaturated/α-hetero) is 1. The molecule has 1 amide bonds. The number of nitrogens with one attached hydrogen (secondary N) is 1. The number of esters is 1. The van der Waals surface area contributed by atoms with Crippen LogP contribution in [-0.2, 0) is 39.8 Å². The summed E-state index contributed by atoms with van der Waals surface area (Å²) >= 11 is 0. The van der Waals surface area contributed by atoms with E-state index in [1.165, 1.54) is 5.01 Å². The zero-order valence-electron chi connectivity index (χ0n) is 31.5. The molecule has 2 saturated heterocycles. The Kier molecular flexibility index (Phi) is 12.9. The number of likely N-dealkylation sites (N-methyl/N-ethyl adjacent to an activating group) is 1. The number of hydrogen-bond acceptors (Lipinski definition) is 12. The van der Waals surface area contributed by atoms with Gasteiger partial charge in [-0.1, -0.05) is 33.8 Å². The predicted octanol–water partition coefficient (Wildman–Crippen LogP) is 4.03. The number of carbonyl (C=O) groups excluding carboxylic acids is 3. The first-order valence-corrected chi connectivity index (χ1v) is 17.8. The lowest BCUT2D eigenvalue weighted by atomic mass is 9.74. The minimum absolute atomic E-state index is 0.120. The van der Waals surface area contributed by atoms with E-state index in [4.69, 9.17) is 23.7 Å². The SMILES string of the molecule is CC[C@H]1OC(=O)/C(C)=C/[C@H](C)[C@@H](O[C@@H]2O[C@H](C)C[C@H](N(C)C)[C@H]2O)[C@@](C)(OC)C[C@@H](C)C(=O)[C@H](C)[C@H]2N(NCc3ccncc3)C(=O)O[C@]12C. The van der Waals surface area contributed by atoms with Crippen molar-refractivity contribution >= 4 is 17.8 Å². The molecule has 0 bridgehead atoms. The smallest absolute Gasteiger partial charge is 0.425 e. The number of ether oxygens (including phenoxy) is 5. The Bertz CT molecular complexity index is 1380. The van der Waals surface area contributed by atoms with Crippen LogP contribution in [0.1, 0.15) is 80.2 Å². The first-order valence-electron chi connectivity index (χ1n) is 17.8. The second kappa shape index (κ2) is 16.2. The van der Waals surface area contributed by atoms with Gasteiger partial charge in [0.15, 0.2) is 11.9 Å². The van der Waals surface area contributed by atoms with E-state index in [1.807, 2.05) is 65.7 Å². The lowest BCUT2D eigenvalue weighted by Crippen LogP contribution is -2.60. The van der Waals surface area contributed by atoms with Crippen molar-refractivity contribution in [3.8, 4) is 0 Å². The standard InChI is InChI=1S/C37H58N4O9/c1-12-28-37(8)31(41(35(45)50-37)39-20-26-13-15-38-16-14-26)25(6)29(42)23(4)19-36(7,46-11)32(21(2)17-22(3)33(44)48-28)49-34-30(43)27(40(9)10)18-24(5)47-34/h13-17,21,23-25,27-28,30-32,34,39,43H,12,18-20H2,1-11H3/b22-17+/t21-,23+,24+,25-,27-,28+,30+,31+,32+,34-,36-,37+/m0/s1. The van der Waals surface area contributed by atoms with Crippen molar-refractivity contribution in [3.05, 3.63) is 41.7 Å². The number of hydrazine groups is 1. The van der Waals surface area contributed by atoms with E-state index in [1.54, 1.807) is 46.4 Å². The summed E-state index contributed by atoms with van der Waals surface area (Å²) in [4.78, 5) is 47.9. The molecule has 0 aromatic carbocycles. The van der Waals surface area contributed by atoms with Gasteiger partial charge in [-0.25, -0.2) is 20.0 Å². The van der Waals surface area contributed by atoms with E-state index in [0.717, 1.165) is 5.56 Å². The summed E-state index contributed by atoms with van der Waals surface area (Å²) in [7, 11) is 5.38. The average molecular weight is 703 g/mol. The molecular formula is C37H58N4O9. The Hall–Kier alpha value is -2.94. The van der Waals surface area contributed by atoms with Crippen LogP contribution in [0.3, 0.4) is 0 Å². The van der Waals surface area contributed by atoms with Crippen LogP contribution in [-0.4, -0.2) is 113 Å². The van der Waals surface area contributed by atoms with Crippen LogP contribution < -0.4 is 5.43 Å². The van der Waals surface area contributed by atoms with E-state index in [2.05, 4.69) is 10.4 Å². The molecular weight excluding hydrogens is 644 g/mol. The molecule has 0 unspecified atom stereocenters. The van der Waals surface area contributed by atoms with E-state index >= 15 is 0 Å². The number of ketones is 1. The summed E-state index contributed by atoms with van der Waals surface area (Å²) in [5.41, 5.74) is 1.96. The van der Waals surface area contributed by atoms with Gasteiger partial charge in [0.05, 0.1) is 17.8 Å². The van der Waals surface area contributed by atoms with Crippen LogP contribution in [0.25, 0.3) is 0 Å². The monoisotopic (exact) mass is 702 g/mol. The Labute approximate surface area is 297 Å². The van der Waals surface area contributed by atoms with Gasteiger partial charge in [0.2, 0.25) is 0 Å². The van der Waals surface area contributed by atoms with E-state index in [0.29, 0.717) is 18.4 Å². The predicted molar refractivity (Wildman–Crippen MR) is 185 cm³/mol. The van der Waals surface area contributed by atoms with Crippen molar-refractivity contribution in [3.63, 3.8) is 0 Å². The Morgan fingerprint density at radius 2 is 1.78 bits per heavy atom. The van der Waals surface area contributed by atoms with Crippen molar-refractivity contribution in [2.75, 3.05) is 21.2 Å². The molecule has 4 rings (SSSR count). The second-order valence-electron chi connectivity index (χ2n) is 15.0. The van der Waals surface area contributed by atoms with Gasteiger partial charge in [-0.2, -0.15) is 0 Å². The molecule has 50 heavy (non-hydrogen) atoms. The molecule has 12 atom stereocenters. The normalized spacial score (nSPS) is 40.1. The lowest BCUT2D eigenvalue weighted by Gasteiger charge is -2.46. The number of hydrogen-bond donors (Lipinski definition) is 2. The molecule has 13 nitrogen and oxygen atoms in total. The van der Waals surface area contributed by atoms with Gasteiger partial charge in [-0.3, -0.25) is 9.78 Å². The van der Waals surface area contributed by atoms with Crippen LogP contribution in [0, 0.1) is 17.8 Å². The van der Waals surface area contributed by atoms with Crippen molar-refractivity contribution in [1.29, 1.82) is 0 Å². The van der Waals surface area contributed by atoms with Gasteiger partial charge >= 0.3 is 12.1 Å². The largest absolute Gasteiger partial charge is 0.455 e. The number of cyclic esters (lactones) is 1. The van der Waals surface area contributed by atoms with Gasteiger partial charge in [-0.15, -0.1) is 0 Å². The van der Waals surface area contributed by atoms with Crippen LogP contribution >= 0.6 is 0 Å². The fourth-order valence-corrected chi connectivity index (χ4v) is 8.11. The molecule has 13 heteroatoms.